The minimum atomic E-state index is -0.0639. The van der Waals surface area contributed by atoms with Crippen molar-refractivity contribution in [3.8, 4) is 5.75 Å². The van der Waals surface area contributed by atoms with Crippen molar-refractivity contribution in [2.24, 2.45) is 5.92 Å². The molecule has 1 amide bonds. The lowest BCUT2D eigenvalue weighted by molar-refractivity contribution is -0.121. The Kier molecular flexibility index (Phi) is 3.75. The van der Waals surface area contributed by atoms with Crippen LogP contribution in [0.25, 0.3) is 0 Å². The zero-order valence-corrected chi connectivity index (χ0v) is 15.2. The summed E-state index contributed by atoms with van der Waals surface area (Å²) in [4.78, 5) is 13.2. The highest BCUT2D eigenvalue weighted by Crippen LogP contribution is 2.55. The van der Waals surface area contributed by atoms with Crippen LogP contribution in [0.1, 0.15) is 40.5 Å². The molecule has 3 heteroatoms. The van der Waals surface area contributed by atoms with Gasteiger partial charge in [-0.15, -0.1) is 0 Å². The van der Waals surface area contributed by atoms with E-state index in [4.69, 9.17) is 4.74 Å². The lowest BCUT2D eigenvalue weighted by Gasteiger charge is -2.44. The Morgan fingerprint density at radius 1 is 0.889 bits per heavy atom. The van der Waals surface area contributed by atoms with Gasteiger partial charge in [0.05, 0.1) is 13.0 Å². The van der Waals surface area contributed by atoms with Crippen molar-refractivity contribution in [2.45, 2.75) is 18.3 Å². The maximum Gasteiger partial charge on any atom is 0.228 e. The van der Waals surface area contributed by atoms with E-state index in [1.54, 1.807) is 7.11 Å². The number of methoxy groups -OCH3 is 1. The number of amides is 1. The molecule has 0 saturated carbocycles. The Labute approximate surface area is 159 Å². The van der Waals surface area contributed by atoms with Crippen molar-refractivity contribution in [3.63, 3.8) is 0 Å². The van der Waals surface area contributed by atoms with Crippen molar-refractivity contribution in [2.75, 3.05) is 12.4 Å². The first-order chi connectivity index (χ1) is 13.3. The van der Waals surface area contributed by atoms with Crippen LogP contribution in [0.4, 0.5) is 5.69 Å². The van der Waals surface area contributed by atoms with Gasteiger partial charge in [0, 0.05) is 23.6 Å². The highest BCUT2D eigenvalue weighted by molar-refractivity contribution is 5.94. The number of benzene rings is 3. The van der Waals surface area contributed by atoms with E-state index >= 15 is 0 Å². The number of hydrogen-bond acceptors (Lipinski definition) is 2. The molecule has 134 valence electrons. The monoisotopic (exact) mass is 355 g/mol. The number of carbonyl (C=O) groups excluding carboxylic acids is 1. The SMILES string of the molecule is COc1cccc(NC(=O)[C@H]2CC3c4ccccc4C2c2ccccc23)c1. The summed E-state index contributed by atoms with van der Waals surface area (Å²) in [6.07, 6.45) is 0.856. The fourth-order valence-electron chi connectivity index (χ4n) is 4.83. The largest absolute Gasteiger partial charge is 0.497 e. The molecule has 3 aromatic carbocycles. The summed E-state index contributed by atoms with van der Waals surface area (Å²) < 4.78 is 5.27. The number of anilines is 1. The third-order valence-electron chi connectivity index (χ3n) is 5.98. The number of carbonyl (C=O) groups is 1. The number of nitrogens with one attached hydrogen (secondary N) is 1. The molecule has 0 radical (unpaired) electrons. The van der Waals surface area contributed by atoms with Gasteiger partial charge in [0.15, 0.2) is 0 Å². The van der Waals surface area contributed by atoms with Gasteiger partial charge in [-0.1, -0.05) is 54.6 Å². The standard InChI is InChI=1S/C24H21NO2/c1-27-16-8-6-7-15(13-16)25-24(26)22-14-21-17-9-2-4-11-19(17)23(22)20-12-5-3-10-18(20)21/h2-13,21-23H,14H2,1H3,(H,25,26)/t21?,22-,23?/m0/s1. The number of rotatable bonds is 3. The van der Waals surface area contributed by atoms with Crippen LogP contribution in [0.15, 0.2) is 72.8 Å². The van der Waals surface area contributed by atoms with E-state index in [1.165, 1.54) is 22.3 Å². The van der Waals surface area contributed by atoms with E-state index < -0.39 is 0 Å². The van der Waals surface area contributed by atoms with Crippen LogP contribution in [0.5, 0.6) is 5.75 Å². The highest BCUT2D eigenvalue weighted by atomic mass is 16.5. The van der Waals surface area contributed by atoms with Crippen molar-refractivity contribution in [1.29, 1.82) is 0 Å². The maximum absolute atomic E-state index is 13.2. The summed E-state index contributed by atoms with van der Waals surface area (Å²) in [6.45, 7) is 0. The van der Waals surface area contributed by atoms with Crippen molar-refractivity contribution in [1.82, 2.24) is 0 Å². The minimum Gasteiger partial charge on any atom is -0.497 e. The first kappa shape index (κ1) is 16.1. The Bertz CT molecular complexity index is 979. The third kappa shape index (κ3) is 2.54. The normalized spacial score (nSPS) is 21.9. The van der Waals surface area contributed by atoms with E-state index in [0.717, 1.165) is 17.9 Å². The molecule has 0 aromatic heterocycles. The lowest BCUT2D eigenvalue weighted by atomic mass is 9.59. The second-order valence-electron chi connectivity index (χ2n) is 7.35. The average molecular weight is 355 g/mol. The predicted octanol–water partition coefficient (Wildman–Crippen LogP) is 4.93. The van der Waals surface area contributed by atoms with Crippen LogP contribution in [-0.2, 0) is 4.79 Å². The summed E-state index contributed by atoms with van der Waals surface area (Å²) in [7, 11) is 1.63. The van der Waals surface area contributed by atoms with Crippen LogP contribution in [0.2, 0.25) is 0 Å². The molecule has 6 rings (SSSR count). The summed E-state index contributed by atoms with van der Waals surface area (Å²) in [5.41, 5.74) is 6.15. The molecule has 0 saturated heterocycles. The Morgan fingerprint density at radius 2 is 1.52 bits per heavy atom. The summed E-state index contributed by atoms with van der Waals surface area (Å²) >= 11 is 0. The number of hydrogen-bond donors (Lipinski definition) is 1. The fourth-order valence-corrected chi connectivity index (χ4v) is 4.83. The maximum atomic E-state index is 13.2. The molecule has 1 atom stereocenters. The van der Waals surface area contributed by atoms with Gasteiger partial charge >= 0.3 is 0 Å². The number of fused-ring (bicyclic) bond motifs is 1. The molecule has 3 aliphatic carbocycles. The van der Waals surface area contributed by atoms with Crippen molar-refractivity contribution in [3.05, 3.63) is 95.1 Å². The van der Waals surface area contributed by atoms with E-state index in [0.29, 0.717) is 5.92 Å². The van der Waals surface area contributed by atoms with Crippen LogP contribution < -0.4 is 10.1 Å². The molecule has 0 heterocycles. The smallest absolute Gasteiger partial charge is 0.228 e. The molecule has 3 aliphatic rings. The zero-order valence-electron chi connectivity index (χ0n) is 15.2. The summed E-state index contributed by atoms with van der Waals surface area (Å²) in [5, 5.41) is 3.11. The predicted molar refractivity (Wildman–Crippen MR) is 106 cm³/mol. The summed E-state index contributed by atoms with van der Waals surface area (Å²) in [6, 6.07) is 24.7. The topological polar surface area (TPSA) is 38.3 Å². The van der Waals surface area contributed by atoms with Crippen LogP contribution >= 0.6 is 0 Å². The third-order valence-corrected chi connectivity index (χ3v) is 5.98. The molecule has 0 aliphatic heterocycles. The Balaban J connectivity index is 1.52. The van der Waals surface area contributed by atoms with Gasteiger partial charge in [-0.2, -0.15) is 0 Å². The van der Waals surface area contributed by atoms with E-state index in [1.807, 2.05) is 24.3 Å². The molecule has 27 heavy (non-hydrogen) atoms. The van der Waals surface area contributed by atoms with Gasteiger partial charge in [0.2, 0.25) is 5.91 Å². The Morgan fingerprint density at radius 3 is 2.15 bits per heavy atom. The van der Waals surface area contributed by atoms with Gasteiger partial charge in [0.25, 0.3) is 0 Å². The molecular formula is C24H21NO2. The molecule has 2 bridgehead atoms. The second kappa shape index (κ2) is 6.27. The van der Waals surface area contributed by atoms with Gasteiger partial charge < -0.3 is 10.1 Å². The van der Waals surface area contributed by atoms with Gasteiger partial charge in [-0.05, 0) is 40.8 Å². The fraction of sp³-hybridized carbons (Fsp3) is 0.208. The van der Waals surface area contributed by atoms with Crippen molar-refractivity contribution < 1.29 is 9.53 Å². The van der Waals surface area contributed by atoms with Crippen molar-refractivity contribution >= 4 is 11.6 Å². The Hall–Kier alpha value is -3.07. The van der Waals surface area contributed by atoms with E-state index in [2.05, 4.69) is 53.8 Å². The van der Waals surface area contributed by atoms with E-state index in [9.17, 15) is 4.79 Å². The minimum absolute atomic E-state index is 0.0639. The van der Waals surface area contributed by atoms with Gasteiger partial charge in [0.1, 0.15) is 5.75 Å². The first-order valence-corrected chi connectivity index (χ1v) is 9.39. The summed E-state index contributed by atoms with van der Waals surface area (Å²) in [5.74, 6) is 1.18. The molecule has 1 N–H and O–H groups in total. The molecule has 0 spiro atoms. The van der Waals surface area contributed by atoms with Gasteiger partial charge in [-0.25, -0.2) is 0 Å². The lowest BCUT2D eigenvalue weighted by Crippen LogP contribution is -2.38. The second-order valence-corrected chi connectivity index (χ2v) is 7.35. The quantitative estimate of drug-likeness (QED) is 0.723. The van der Waals surface area contributed by atoms with Crippen LogP contribution in [0.3, 0.4) is 0 Å². The average Bonchev–Trinajstić information content (AvgIpc) is 2.74. The molecule has 3 aromatic rings. The van der Waals surface area contributed by atoms with Gasteiger partial charge in [-0.3, -0.25) is 4.79 Å². The molecule has 0 fully saturated rings. The molecule has 0 unspecified atom stereocenters. The first-order valence-electron chi connectivity index (χ1n) is 9.39. The van der Waals surface area contributed by atoms with Crippen LogP contribution in [0, 0.1) is 5.92 Å². The zero-order chi connectivity index (χ0) is 18.4. The molecule has 3 nitrogen and oxygen atoms in total. The highest BCUT2D eigenvalue weighted by Gasteiger charge is 2.45. The number of ether oxygens (including phenoxy) is 1. The van der Waals surface area contributed by atoms with Crippen LogP contribution in [-0.4, -0.2) is 13.0 Å². The van der Waals surface area contributed by atoms with E-state index in [-0.39, 0.29) is 17.7 Å². The molecular weight excluding hydrogens is 334 g/mol.